The van der Waals surface area contributed by atoms with Crippen molar-refractivity contribution in [1.29, 1.82) is 0 Å². The van der Waals surface area contributed by atoms with E-state index in [1.807, 2.05) is 30.3 Å². The monoisotopic (exact) mass is 375 g/mol. The minimum Gasteiger partial charge on any atom is -0.444 e. The largest absolute Gasteiger partial charge is 0.444 e. The molecule has 7 nitrogen and oxygen atoms in total. The van der Waals surface area contributed by atoms with Gasteiger partial charge in [-0.25, -0.2) is 4.79 Å². The second-order valence-corrected chi connectivity index (χ2v) is 7.64. The summed E-state index contributed by atoms with van der Waals surface area (Å²) in [6.45, 7) is 6.25. The Balaban J connectivity index is 1.73. The maximum absolute atomic E-state index is 12.4. The lowest BCUT2D eigenvalue weighted by Crippen LogP contribution is -2.49. The number of carbonyl (C=O) groups is 3. The summed E-state index contributed by atoms with van der Waals surface area (Å²) < 4.78 is 5.35. The molecular weight excluding hydrogens is 346 g/mol. The van der Waals surface area contributed by atoms with Crippen molar-refractivity contribution >= 4 is 17.9 Å². The molecule has 0 radical (unpaired) electrons. The molecule has 1 heterocycles. The number of hydrogen-bond acceptors (Lipinski definition) is 4. The van der Waals surface area contributed by atoms with Crippen LogP contribution in [-0.4, -0.2) is 54.1 Å². The molecule has 7 heteroatoms. The Labute approximate surface area is 160 Å². The fourth-order valence-electron chi connectivity index (χ4n) is 2.92. The minimum absolute atomic E-state index is 0.105. The van der Waals surface area contributed by atoms with E-state index in [1.165, 1.54) is 4.90 Å². The highest BCUT2D eigenvalue weighted by Crippen LogP contribution is 2.20. The van der Waals surface area contributed by atoms with Crippen molar-refractivity contribution in [3.05, 3.63) is 35.9 Å². The highest BCUT2D eigenvalue weighted by molar-refractivity contribution is 5.89. The van der Waals surface area contributed by atoms with E-state index in [2.05, 4.69) is 10.6 Å². The summed E-state index contributed by atoms with van der Waals surface area (Å²) in [6.07, 6.45) is 1.55. The third-order valence-corrected chi connectivity index (χ3v) is 4.19. The van der Waals surface area contributed by atoms with Gasteiger partial charge in [-0.2, -0.15) is 0 Å². The van der Waals surface area contributed by atoms with Crippen molar-refractivity contribution in [3.63, 3.8) is 0 Å². The van der Waals surface area contributed by atoms with Crippen LogP contribution in [0.1, 0.15) is 39.2 Å². The van der Waals surface area contributed by atoms with Crippen molar-refractivity contribution in [2.24, 2.45) is 0 Å². The third kappa shape index (κ3) is 6.92. The molecule has 1 fully saturated rings. The quantitative estimate of drug-likeness (QED) is 0.794. The van der Waals surface area contributed by atoms with Gasteiger partial charge >= 0.3 is 6.09 Å². The number of nitrogens with one attached hydrogen (secondary N) is 2. The summed E-state index contributed by atoms with van der Waals surface area (Å²) in [4.78, 5) is 38.0. The van der Waals surface area contributed by atoms with Crippen molar-refractivity contribution in [3.8, 4) is 0 Å². The van der Waals surface area contributed by atoms with Gasteiger partial charge in [-0.05, 0) is 45.6 Å². The summed E-state index contributed by atoms with van der Waals surface area (Å²) in [5, 5.41) is 5.40. The van der Waals surface area contributed by atoms with E-state index in [0.29, 0.717) is 19.5 Å². The van der Waals surface area contributed by atoms with Crippen LogP contribution < -0.4 is 10.6 Å². The second-order valence-electron chi connectivity index (χ2n) is 7.64. The molecule has 0 spiro atoms. The van der Waals surface area contributed by atoms with Crippen molar-refractivity contribution in [2.45, 2.75) is 51.7 Å². The normalized spacial score (nSPS) is 16.7. The molecule has 1 aromatic rings. The van der Waals surface area contributed by atoms with Crippen LogP contribution in [0.4, 0.5) is 4.79 Å². The maximum Gasteiger partial charge on any atom is 0.410 e. The molecule has 148 valence electrons. The lowest BCUT2D eigenvalue weighted by Gasteiger charge is -2.28. The molecule has 1 unspecified atom stereocenters. The number of ether oxygens (including phenoxy) is 1. The maximum atomic E-state index is 12.4. The molecule has 1 aliphatic rings. The minimum atomic E-state index is -0.612. The molecule has 2 N–H and O–H groups in total. The second kappa shape index (κ2) is 9.39. The molecule has 27 heavy (non-hydrogen) atoms. The number of likely N-dealkylation sites (tertiary alicyclic amines) is 1. The van der Waals surface area contributed by atoms with Gasteiger partial charge in [0, 0.05) is 13.1 Å². The molecule has 1 atom stereocenters. The fourth-order valence-corrected chi connectivity index (χ4v) is 2.92. The molecule has 1 saturated heterocycles. The van der Waals surface area contributed by atoms with Crippen LogP contribution in [0.25, 0.3) is 0 Å². The summed E-state index contributed by atoms with van der Waals surface area (Å²) in [6, 6.07) is 9.27. The molecular formula is C20H29N3O4. The number of rotatable bonds is 6. The molecule has 1 aliphatic heterocycles. The van der Waals surface area contributed by atoms with Gasteiger partial charge in [-0.3, -0.25) is 14.5 Å². The van der Waals surface area contributed by atoms with Crippen LogP contribution in [0.15, 0.2) is 30.3 Å². The molecule has 0 aliphatic carbocycles. The van der Waals surface area contributed by atoms with Crippen molar-refractivity contribution in [2.75, 3.05) is 19.6 Å². The lowest BCUT2D eigenvalue weighted by atomic mass is 10.1. The van der Waals surface area contributed by atoms with E-state index >= 15 is 0 Å². The van der Waals surface area contributed by atoms with E-state index < -0.39 is 17.7 Å². The summed E-state index contributed by atoms with van der Waals surface area (Å²) in [5.41, 5.74) is 0.528. The van der Waals surface area contributed by atoms with E-state index in [1.54, 1.807) is 20.8 Å². The number of nitrogens with zero attached hydrogens (tertiary/aromatic N) is 1. The zero-order chi connectivity index (χ0) is 19.9. The molecule has 1 aromatic carbocycles. The standard InChI is InChI=1S/C20H29N3O4/c1-20(2,3)27-19(26)23-13-7-10-16(23)18(25)22-14-17(24)21-12-11-15-8-5-4-6-9-15/h4-6,8-9,16H,7,10-14H2,1-3H3,(H,21,24)(H,22,25). The van der Waals surface area contributed by atoms with Gasteiger partial charge in [0.05, 0.1) is 6.54 Å². The average Bonchev–Trinajstić information content (AvgIpc) is 3.09. The van der Waals surface area contributed by atoms with Gasteiger partial charge < -0.3 is 15.4 Å². The van der Waals surface area contributed by atoms with Gasteiger partial charge in [0.1, 0.15) is 11.6 Å². The SMILES string of the molecule is CC(C)(C)OC(=O)N1CCCC1C(=O)NCC(=O)NCCc1ccccc1. The summed E-state index contributed by atoms with van der Waals surface area (Å²) in [5.74, 6) is -0.572. The summed E-state index contributed by atoms with van der Waals surface area (Å²) >= 11 is 0. The number of hydrogen-bond donors (Lipinski definition) is 2. The zero-order valence-electron chi connectivity index (χ0n) is 16.3. The van der Waals surface area contributed by atoms with Gasteiger partial charge in [0.25, 0.3) is 0 Å². The Morgan fingerprint density at radius 3 is 2.52 bits per heavy atom. The smallest absolute Gasteiger partial charge is 0.410 e. The van der Waals surface area contributed by atoms with Crippen molar-refractivity contribution in [1.82, 2.24) is 15.5 Å². The number of amides is 3. The first kappa shape index (κ1) is 20.7. The van der Waals surface area contributed by atoms with Crippen LogP contribution in [-0.2, 0) is 20.7 Å². The van der Waals surface area contributed by atoms with Crippen LogP contribution in [0.2, 0.25) is 0 Å². The third-order valence-electron chi connectivity index (χ3n) is 4.19. The molecule has 2 rings (SSSR count). The van der Waals surface area contributed by atoms with Crippen molar-refractivity contribution < 1.29 is 19.1 Å². The van der Waals surface area contributed by atoms with Crippen LogP contribution in [0, 0.1) is 0 Å². The highest BCUT2D eigenvalue weighted by Gasteiger charge is 2.36. The Morgan fingerprint density at radius 2 is 1.85 bits per heavy atom. The Bertz CT molecular complexity index is 655. The predicted molar refractivity (Wildman–Crippen MR) is 102 cm³/mol. The Kier molecular flexibility index (Phi) is 7.21. The Hall–Kier alpha value is -2.57. The molecule has 0 saturated carbocycles. The first-order valence-corrected chi connectivity index (χ1v) is 9.34. The average molecular weight is 375 g/mol. The van der Waals surface area contributed by atoms with Gasteiger partial charge in [0.15, 0.2) is 0 Å². The highest BCUT2D eigenvalue weighted by atomic mass is 16.6. The molecule has 0 bridgehead atoms. The van der Waals surface area contributed by atoms with Gasteiger partial charge in [0.2, 0.25) is 11.8 Å². The van der Waals surface area contributed by atoms with E-state index in [-0.39, 0.29) is 18.4 Å². The number of benzene rings is 1. The van der Waals surface area contributed by atoms with E-state index in [4.69, 9.17) is 4.74 Å². The predicted octanol–water partition coefficient (Wildman–Crippen LogP) is 1.86. The van der Waals surface area contributed by atoms with Crippen LogP contribution in [0.3, 0.4) is 0 Å². The van der Waals surface area contributed by atoms with Crippen LogP contribution >= 0.6 is 0 Å². The fraction of sp³-hybridized carbons (Fsp3) is 0.550. The van der Waals surface area contributed by atoms with Crippen LogP contribution in [0.5, 0.6) is 0 Å². The lowest BCUT2D eigenvalue weighted by molar-refractivity contribution is -0.128. The first-order valence-electron chi connectivity index (χ1n) is 9.34. The van der Waals surface area contributed by atoms with E-state index in [9.17, 15) is 14.4 Å². The summed E-state index contributed by atoms with van der Waals surface area (Å²) in [7, 11) is 0. The zero-order valence-corrected chi connectivity index (χ0v) is 16.3. The van der Waals surface area contributed by atoms with Gasteiger partial charge in [-0.1, -0.05) is 30.3 Å². The molecule has 3 amide bonds. The topological polar surface area (TPSA) is 87.7 Å². The number of carbonyl (C=O) groups excluding carboxylic acids is 3. The molecule has 0 aromatic heterocycles. The van der Waals surface area contributed by atoms with E-state index in [0.717, 1.165) is 18.4 Å². The van der Waals surface area contributed by atoms with Gasteiger partial charge in [-0.15, -0.1) is 0 Å². The Morgan fingerprint density at radius 1 is 1.15 bits per heavy atom. The first-order chi connectivity index (χ1) is 12.8.